The number of carbonyl (C=O) groups is 3. The van der Waals surface area contributed by atoms with Crippen LogP contribution in [0.25, 0.3) is 5.53 Å². The molecule has 0 radical (unpaired) electrons. The molecule has 0 aliphatic carbocycles. The molecule has 1 amide bonds. The standard InChI is InChI=1S/C14H16N4O6/c1-24-11-7-16-5-4-9(11)12(20)13(21)18-10(14(22)23)3-2-8(19)6-17-15/h4-7,10,12,20H,2-3H2,1H3,(H,18,21)(H,22,23). The number of ketones is 1. The van der Waals surface area contributed by atoms with E-state index in [1.165, 1.54) is 25.6 Å². The average molecular weight is 336 g/mol. The largest absolute Gasteiger partial charge is 0.495 e. The minimum Gasteiger partial charge on any atom is -0.495 e. The van der Waals surface area contributed by atoms with Crippen LogP contribution in [0.2, 0.25) is 0 Å². The fraction of sp³-hybridized carbons (Fsp3) is 0.357. The van der Waals surface area contributed by atoms with Crippen molar-refractivity contribution in [2.45, 2.75) is 25.0 Å². The van der Waals surface area contributed by atoms with E-state index in [1.807, 2.05) is 0 Å². The SMILES string of the molecule is COc1cnccc1C(O)C(=O)NC(CCC(=O)C=[N+]=[N-])C(=O)O. The van der Waals surface area contributed by atoms with E-state index in [2.05, 4.69) is 15.1 Å². The van der Waals surface area contributed by atoms with Crippen LogP contribution in [0.3, 0.4) is 0 Å². The number of amides is 1. The van der Waals surface area contributed by atoms with Crippen molar-refractivity contribution in [1.82, 2.24) is 10.3 Å². The molecule has 1 aromatic heterocycles. The normalized spacial score (nSPS) is 12.4. The Morgan fingerprint density at radius 3 is 2.79 bits per heavy atom. The number of carboxylic acid groups (broad SMARTS) is 1. The zero-order valence-corrected chi connectivity index (χ0v) is 12.7. The summed E-state index contributed by atoms with van der Waals surface area (Å²) < 4.78 is 4.97. The van der Waals surface area contributed by atoms with Gasteiger partial charge in [0.25, 0.3) is 5.91 Å². The number of aliphatic hydroxyl groups excluding tert-OH is 1. The van der Waals surface area contributed by atoms with Crippen LogP contribution in [0.5, 0.6) is 5.75 Å². The lowest BCUT2D eigenvalue weighted by Gasteiger charge is -2.18. The maximum Gasteiger partial charge on any atom is 0.326 e. The minimum atomic E-state index is -1.67. The summed E-state index contributed by atoms with van der Waals surface area (Å²) >= 11 is 0. The van der Waals surface area contributed by atoms with Gasteiger partial charge >= 0.3 is 12.2 Å². The van der Waals surface area contributed by atoms with Gasteiger partial charge in [0.05, 0.1) is 13.3 Å². The lowest BCUT2D eigenvalue weighted by atomic mass is 10.1. The van der Waals surface area contributed by atoms with E-state index in [0.717, 1.165) is 0 Å². The molecule has 3 N–H and O–H groups in total. The van der Waals surface area contributed by atoms with Crippen LogP contribution in [-0.2, 0) is 14.4 Å². The van der Waals surface area contributed by atoms with E-state index in [-0.39, 0.29) is 24.2 Å². The number of rotatable bonds is 9. The Balaban J connectivity index is 2.79. The third-order valence-corrected chi connectivity index (χ3v) is 3.08. The first-order valence-electron chi connectivity index (χ1n) is 6.80. The number of ether oxygens (including phenoxy) is 1. The van der Waals surface area contributed by atoms with Gasteiger partial charge in [0.1, 0.15) is 11.8 Å². The van der Waals surface area contributed by atoms with Gasteiger partial charge in [-0.25, -0.2) is 4.79 Å². The molecule has 0 saturated carbocycles. The summed E-state index contributed by atoms with van der Waals surface area (Å²) in [6.45, 7) is 0. The van der Waals surface area contributed by atoms with Crippen LogP contribution in [0.15, 0.2) is 18.5 Å². The van der Waals surface area contributed by atoms with Crippen molar-refractivity contribution in [2.75, 3.05) is 7.11 Å². The highest BCUT2D eigenvalue weighted by Crippen LogP contribution is 2.23. The number of carboxylic acids is 1. The fourth-order valence-electron chi connectivity index (χ4n) is 1.85. The molecule has 10 heteroatoms. The molecule has 0 saturated heterocycles. The van der Waals surface area contributed by atoms with Crippen LogP contribution in [-0.4, -0.2) is 57.0 Å². The highest BCUT2D eigenvalue weighted by molar-refractivity contribution is 6.25. The van der Waals surface area contributed by atoms with Gasteiger partial charge in [-0.2, -0.15) is 4.79 Å². The Kier molecular flexibility index (Phi) is 7.21. The maximum absolute atomic E-state index is 12.0. The van der Waals surface area contributed by atoms with Crippen LogP contribution in [0.4, 0.5) is 0 Å². The summed E-state index contributed by atoms with van der Waals surface area (Å²) in [6, 6.07) is -0.0314. The molecule has 128 valence electrons. The van der Waals surface area contributed by atoms with Gasteiger partial charge in [-0.05, 0) is 12.5 Å². The van der Waals surface area contributed by atoms with Gasteiger partial charge in [-0.3, -0.25) is 14.6 Å². The number of nitrogens with zero attached hydrogens (tertiary/aromatic N) is 3. The van der Waals surface area contributed by atoms with Crippen molar-refractivity contribution >= 4 is 23.9 Å². The van der Waals surface area contributed by atoms with Crippen LogP contribution in [0.1, 0.15) is 24.5 Å². The Hall–Kier alpha value is -3.10. The predicted molar refractivity (Wildman–Crippen MR) is 79.2 cm³/mol. The zero-order valence-electron chi connectivity index (χ0n) is 12.7. The quantitative estimate of drug-likeness (QED) is 0.306. The van der Waals surface area contributed by atoms with Crippen LogP contribution in [0, 0.1) is 0 Å². The topological polar surface area (TPSA) is 162 Å². The Morgan fingerprint density at radius 1 is 1.50 bits per heavy atom. The van der Waals surface area contributed by atoms with E-state index in [9.17, 15) is 19.5 Å². The zero-order chi connectivity index (χ0) is 18.1. The number of aromatic nitrogens is 1. The van der Waals surface area contributed by atoms with Crippen LogP contribution < -0.4 is 10.1 Å². The molecule has 0 spiro atoms. The molecule has 0 aliphatic rings. The second kappa shape index (κ2) is 9.13. The summed E-state index contributed by atoms with van der Waals surface area (Å²) in [5.74, 6) is -2.77. The molecule has 0 fully saturated rings. The van der Waals surface area contributed by atoms with Gasteiger partial charge in [0.15, 0.2) is 6.10 Å². The number of methoxy groups -OCH3 is 1. The van der Waals surface area contributed by atoms with Gasteiger partial charge in [0, 0.05) is 18.2 Å². The molecule has 24 heavy (non-hydrogen) atoms. The lowest BCUT2D eigenvalue weighted by Crippen LogP contribution is -2.43. The monoisotopic (exact) mass is 336 g/mol. The molecule has 1 rings (SSSR count). The smallest absolute Gasteiger partial charge is 0.326 e. The Bertz CT molecular complexity index is 671. The third kappa shape index (κ3) is 5.27. The van der Waals surface area contributed by atoms with Crippen molar-refractivity contribution < 1.29 is 34.1 Å². The van der Waals surface area contributed by atoms with Crippen molar-refractivity contribution in [1.29, 1.82) is 0 Å². The predicted octanol–water partition coefficient (Wildman–Crippen LogP) is -0.657. The maximum atomic E-state index is 12.0. The van der Waals surface area contributed by atoms with Crippen molar-refractivity contribution in [3.05, 3.63) is 29.6 Å². The minimum absolute atomic E-state index is 0.123. The summed E-state index contributed by atoms with van der Waals surface area (Å²) in [5, 5.41) is 21.3. The molecule has 2 atom stereocenters. The van der Waals surface area contributed by atoms with E-state index in [0.29, 0.717) is 6.21 Å². The molecular weight excluding hydrogens is 320 g/mol. The fourth-order valence-corrected chi connectivity index (χ4v) is 1.85. The van der Waals surface area contributed by atoms with Crippen molar-refractivity contribution in [2.24, 2.45) is 0 Å². The van der Waals surface area contributed by atoms with E-state index in [1.54, 1.807) is 0 Å². The number of pyridine rings is 1. The molecular formula is C14H16N4O6. The molecule has 0 bridgehead atoms. The van der Waals surface area contributed by atoms with Gasteiger partial charge < -0.3 is 25.8 Å². The second-order valence-electron chi connectivity index (χ2n) is 4.67. The Labute approximate surface area is 136 Å². The van der Waals surface area contributed by atoms with E-state index >= 15 is 0 Å². The molecule has 2 unspecified atom stereocenters. The third-order valence-electron chi connectivity index (χ3n) is 3.08. The van der Waals surface area contributed by atoms with Gasteiger partial charge in [-0.1, -0.05) is 0 Å². The lowest BCUT2D eigenvalue weighted by molar-refractivity contribution is -0.143. The number of carbonyl (C=O) groups excluding carboxylic acids is 2. The highest BCUT2D eigenvalue weighted by atomic mass is 16.5. The number of Topliss-reactive ketones (excluding diaryl/α,β-unsaturated/α-hetero) is 1. The number of hydrogen-bond donors (Lipinski definition) is 3. The van der Waals surface area contributed by atoms with Gasteiger partial charge in [-0.15, -0.1) is 0 Å². The van der Waals surface area contributed by atoms with Gasteiger partial charge in [0.2, 0.25) is 5.78 Å². The number of aliphatic hydroxyl groups is 1. The summed E-state index contributed by atoms with van der Waals surface area (Å²) in [4.78, 5) is 40.7. The second-order valence-corrected chi connectivity index (χ2v) is 4.67. The molecule has 1 heterocycles. The number of nitrogens with one attached hydrogen (secondary N) is 1. The molecule has 0 aliphatic heterocycles. The van der Waals surface area contributed by atoms with Crippen LogP contribution >= 0.6 is 0 Å². The molecule has 0 aromatic carbocycles. The van der Waals surface area contributed by atoms with E-state index < -0.39 is 29.8 Å². The van der Waals surface area contributed by atoms with Crippen molar-refractivity contribution in [3.63, 3.8) is 0 Å². The first kappa shape index (κ1) is 18.9. The molecule has 10 nitrogen and oxygen atoms in total. The number of hydrogen-bond acceptors (Lipinski definition) is 6. The average Bonchev–Trinajstić information content (AvgIpc) is 2.57. The summed E-state index contributed by atoms with van der Waals surface area (Å²) in [5.41, 5.74) is 8.34. The van der Waals surface area contributed by atoms with Crippen molar-refractivity contribution in [3.8, 4) is 5.75 Å². The highest BCUT2D eigenvalue weighted by Gasteiger charge is 2.27. The molecule has 1 aromatic rings. The first-order chi connectivity index (χ1) is 11.4. The first-order valence-corrected chi connectivity index (χ1v) is 6.80. The Morgan fingerprint density at radius 2 is 2.21 bits per heavy atom. The number of aliphatic carboxylic acids is 1. The summed E-state index contributed by atoms with van der Waals surface area (Å²) in [6.07, 6.45) is 1.13. The van der Waals surface area contributed by atoms with E-state index in [4.69, 9.17) is 15.4 Å². The summed E-state index contributed by atoms with van der Waals surface area (Å²) in [7, 11) is 1.33.